The quantitative estimate of drug-likeness (QED) is 0.193. The number of carbonyl (C=O) groups is 5. The monoisotopic (exact) mass is 511 g/mol. The lowest BCUT2D eigenvalue weighted by Crippen LogP contribution is -2.29. The number of anilines is 1. The summed E-state index contributed by atoms with van der Waals surface area (Å²) in [6.45, 7) is 3.51. The number of ether oxygens (including phenoxy) is 3. The number of rotatable bonds is 8. The molecule has 2 amide bonds. The van der Waals surface area contributed by atoms with Crippen molar-refractivity contribution in [3.05, 3.63) is 103 Å². The topological polar surface area (TPSA) is 116 Å². The lowest BCUT2D eigenvalue weighted by molar-refractivity contribution is -0.141. The summed E-state index contributed by atoms with van der Waals surface area (Å²) >= 11 is 0. The van der Waals surface area contributed by atoms with Crippen molar-refractivity contribution in [1.82, 2.24) is 0 Å². The molecule has 0 unspecified atom stereocenters. The van der Waals surface area contributed by atoms with Gasteiger partial charge in [0.1, 0.15) is 11.5 Å². The Bertz CT molecular complexity index is 1430. The molecular formula is C29H21NO8. The van der Waals surface area contributed by atoms with Crippen LogP contribution in [0, 0.1) is 0 Å². The molecule has 0 radical (unpaired) electrons. The van der Waals surface area contributed by atoms with Crippen molar-refractivity contribution < 1.29 is 38.2 Å². The van der Waals surface area contributed by atoms with E-state index in [0.29, 0.717) is 11.3 Å². The summed E-state index contributed by atoms with van der Waals surface area (Å²) in [5, 5.41) is 0. The van der Waals surface area contributed by atoms with E-state index in [1.807, 2.05) is 0 Å². The molecule has 0 bridgehead atoms. The number of benzene rings is 3. The number of methoxy groups -OCH3 is 1. The predicted molar refractivity (Wildman–Crippen MR) is 136 cm³/mol. The van der Waals surface area contributed by atoms with Crippen molar-refractivity contribution >= 4 is 35.4 Å². The molecule has 0 saturated heterocycles. The van der Waals surface area contributed by atoms with Crippen LogP contribution < -0.4 is 14.4 Å². The van der Waals surface area contributed by atoms with Crippen molar-refractivity contribution in [2.24, 2.45) is 0 Å². The first-order chi connectivity index (χ1) is 18.2. The van der Waals surface area contributed by atoms with Gasteiger partial charge in [0.05, 0.1) is 24.8 Å². The third-order valence-corrected chi connectivity index (χ3v) is 5.51. The van der Waals surface area contributed by atoms with Crippen LogP contribution in [0.5, 0.6) is 11.5 Å². The first kappa shape index (κ1) is 25.8. The van der Waals surface area contributed by atoms with Crippen molar-refractivity contribution in [3.63, 3.8) is 0 Å². The van der Waals surface area contributed by atoms with Gasteiger partial charge in [-0.3, -0.25) is 14.4 Å². The van der Waals surface area contributed by atoms with Crippen LogP contribution in [0.4, 0.5) is 5.69 Å². The van der Waals surface area contributed by atoms with Gasteiger partial charge in [0.2, 0.25) is 0 Å². The highest BCUT2D eigenvalue weighted by molar-refractivity contribution is 6.28. The molecular weight excluding hydrogens is 490 g/mol. The van der Waals surface area contributed by atoms with Crippen molar-refractivity contribution in [2.45, 2.75) is 6.42 Å². The molecule has 0 aliphatic carbocycles. The molecule has 9 nitrogen and oxygen atoms in total. The van der Waals surface area contributed by atoms with Crippen LogP contribution in [-0.2, 0) is 23.9 Å². The van der Waals surface area contributed by atoms with Gasteiger partial charge in [0.15, 0.2) is 0 Å². The predicted octanol–water partition coefficient (Wildman–Crippen LogP) is 4.03. The molecule has 1 aliphatic rings. The Morgan fingerprint density at radius 1 is 0.737 bits per heavy atom. The van der Waals surface area contributed by atoms with Gasteiger partial charge in [-0.05, 0) is 59.7 Å². The smallest absolute Gasteiger partial charge is 0.343 e. The largest absolute Gasteiger partial charge is 0.469 e. The Labute approximate surface area is 217 Å². The van der Waals surface area contributed by atoms with E-state index in [-0.39, 0.29) is 35.3 Å². The van der Waals surface area contributed by atoms with Crippen LogP contribution in [0.3, 0.4) is 0 Å². The normalized spacial score (nSPS) is 12.3. The Hall–Kier alpha value is -5.31. The zero-order valence-electron chi connectivity index (χ0n) is 20.2. The van der Waals surface area contributed by atoms with Crippen molar-refractivity contribution in [3.8, 4) is 22.6 Å². The maximum atomic E-state index is 12.6. The fourth-order valence-corrected chi connectivity index (χ4v) is 3.50. The molecule has 0 fully saturated rings. The molecule has 0 aromatic heterocycles. The van der Waals surface area contributed by atoms with Gasteiger partial charge in [-0.1, -0.05) is 30.8 Å². The van der Waals surface area contributed by atoms with Gasteiger partial charge in [0.25, 0.3) is 11.8 Å². The minimum absolute atomic E-state index is 0.0548. The summed E-state index contributed by atoms with van der Waals surface area (Å²) < 4.78 is 15.0. The molecule has 0 spiro atoms. The number of imide groups is 1. The fourth-order valence-electron chi connectivity index (χ4n) is 3.50. The van der Waals surface area contributed by atoms with Crippen LogP contribution in [0.15, 0.2) is 97.1 Å². The Balaban J connectivity index is 1.34. The van der Waals surface area contributed by atoms with E-state index < -0.39 is 17.9 Å². The van der Waals surface area contributed by atoms with Gasteiger partial charge in [-0.25, -0.2) is 14.5 Å². The Morgan fingerprint density at radius 2 is 1.24 bits per heavy atom. The molecule has 1 aliphatic heterocycles. The Morgan fingerprint density at radius 3 is 1.76 bits per heavy atom. The summed E-state index contributed by atoms with van der Waals surface area (Å²) in [6.07, 6.45) is 2.17. The van der Waals surface area contributed by atoms with E-state index in [2.05, 4.69) is 11.3 Å². The second-order valence-electron chi connectivity index (χ2n) is 8.08. The highest BCUT2D eigenvalue weighted by Gasteiger charge is 2.24. The number of amides is 2. The average Bonchev–Trinajstić information content (AvgIpc) is 3.27. The summed E-state index contributed by atoms with van der Waals surface area (Å²) in [5.41, 5.74) is 2.39. The fraction of sp³-hybridized carbons (Fsp3) is 0.0690. The maximum absolute atomic E-state index is 12.6. The minimum Gasteiger partial charge on any atom is -0.469 e. The van der Waals surface area contributed by atoms with Crippen LogP contribution in [-0.4, -0.2) is 36.8 Å². The van der Waals surface area contributed by atoms with E-state index in [4.69, 9.17) is 9.47 Å². The van der Waals surface area contributed by atoms with E-state index in [1.54, 1.807) is 48.5 Å². The molecule has 0 atom stereocenters. The van der Waals surface area contributed by atoms with Crippen molar-refractivity contribution in [1.29, 1.82) is 0 Å². The number of hydrogen-bond acceptors (Lipinski definition) is 8. The van der Waals surface area contributed by atoms with E-state index >= 15 is 0 Å². The lowest BCUT2D eigenvalue weighted by Gasteiger charge is -2.14. The molecule has 4 rings (SSSR count). The molecule has 1 heterocycles. The van der Waals surface area contributed by atoms with Gasteiger partial charge in [-0.15, -0.1) is 0 Å². The zero-order valence-corrected chi connectivity index (χ0v) is 20.2. The Kier molecular flexibility index (Phi) is 7.58. The summed E-state index contributed by atoms with van der Waals surface area (Å²) in [5.74, 6) is -2.31. The number of nitrogens with zero attached hydrogens (tertiary/aromatic N) is 1. The van der Waals surface area contributed by atoms with Crippen molar-refractivity contribution in [2.75, 3.05) is 12.0 Å². The second-order valence-corrected chi connectivity index (χ2v) is 8.08. The first-order valence-corrected chi connectivity index (χ1v) is 11.3. The van der Waals surface area contributed by atoms with Crippen LogP contribution in [0.25, 0.3) is 11.1 Å². The molecule has 190 valence electrons. The van der Waals surface area contributed by atoms with Crippen LogP contribution in [0.1, 0.15) is 16.8 Å². The SMILES string of the molecule is C=C(CC(=O)OC)C(=O)Oc1ccc(OC(=O)c2ccc(-c3ccc(N4C(=O)C=CC4=O)cc3)cc2)cc1. The van der Waals surface area contributed by atoms with Gasteiger partial charge < -0.3 is 14.2 Å². The summed E-state index contributed by atoms with van der Waals surface area (Å²) in [6, 6.07) is 19.5. The van der Waals surface area contributed by atoms with Gasteiger partial charge in [0, 0.05) is 17.7 Å². The molecule has 0 N–H and O–H groups in total. The van der Waals surface area contributed by atoms with Crippen LogP contribution in [0.2, 0.25) is 0 Å². The van der Waals surface area contributed by atoms with Crippen LogP contribution >= 0.6 is 0 Å². The van der Waals surface area contributed by atoms with E-state index in [0.717, 1.165) is 16.0 Å². The molecule has 9 heteroatoms. The molecule has 3 aromatic rings. The summed E-state index contributed by atoms with van der Waals surface area (Å²) in [7, 11) is 1.21. The second kappa shape index (κ2) is 11.2. The third kappa shape index (κ3) is 5.90. The van der Waals surface area contributed by atoms with Gasteiger partial charge >= 0.3 is 17.9 Å². The first-order valence-electron chi connectivity index (χ1n) is 11.3. The maximum Gasteiger partial charge on any atom is 0.343 e. The third-order valence-electron chi connectivity index (χ3n) is 5.51. The molecule has 3 aromatic carbocycles. The highest BCUT2D eigenvalue weighted by atomic mass is 16.5. The minimum atomic E-state index is -0.773. The summed E-state index contributed by atoms with van der Waals surface area (Å²) in [4.78, 5) is 60.6. The van der Waals surface area contributed by atoms with E-state index in [9.17, 15) is 24.0 Å². The highest BCUT2D eigenvalue weighted by Crippen LogP contribution is 2.26. The zero-order chi connectivity index (χ0) is 27.2. The van der Waals surface area contributed by atoms with Gasteiger partial charge in [-0.2, -0.15) is 0 Å². The van der Waals surface area contributed by atoms with E-state index in [1.165, 1.54) is 43.5 Å². The number of hydrogen-bond donors (Lipinski definition) is 0. The average molecular weight is 511 g/mol. The number of esters is 3. The number of carbonyl (C=O) groups excluding carboxylic acids is 5. The molecule has 0 saturated carbocycles. The standard InChI is InChI=1S/C29H21NO8/c1-18(17-27(33)36-2)28(34)37-23-11-13-24(14-12-23)38-29(35)21-5-3-19(4-6-21)20-7-9-22(10-8-20)30-25(31)15-16-26(30)32/h3-16H,1,17H2,2H3. The molecule has 38 heavy (non-hydrogen) atoms. The lowest BCUT2D eigenvalue weighted by atomic mass is 10.0.